The third kappa shape index (κ3) is 4.57. The van der Waals surface area contributed by atoms with Gasteiger partial charge in [-0.05, 0) is 55.9 Å². The van der Waals surface area contributed by atoms with E-state index in [0.29, 0.717) is 24.1 Å². The average Bonchev–Trinajstić information content (AvgIpc) is 3.28. The zero-order chi connectivity index (χ0) is 22.0. The molecule has 5 nitrogen and oxygen atoms in total. The molecule has 0 aromatic carbocycles. The maximum absolute atomic E-state index is 13.6. The van der Waals surface area contributed by atoms with E-state index in [1.165, 1.54) is 12.1 Å². The van der Waals surface area contributed by atoms with Gasteiger partial charge in [0.25, 0.3) is 0 Å². The summed E-state index contributed by atoms with van der Waals surface area (Å²) in [5.74, 6) is -1.55. The van der Waals surface area contributed by atoms with Crippen LogP contribution in [0.1, 0.15) is 42.6 Å². The number of carboxylic acids is 1. The van der Waals surface area contributed by atoms with Gasteiger partial charge in [-0.15, -0.1) is 0 Å². The Labute approximate surface area is 178 Å². The van der Waals surface area contributed by atoms with E-state index in [2.05, 4.69) is 9.88 Å². The van der Waals surface area contributed by atoms with Crippen molar-refractivity contribution in [2.45, 2.75) is 38.3 Å². The second kappa shape index (κ2) is 8.69. The molecule has 1 aliphatic heterocycles. The number of aromatic nitrogens is 2. The molecule has 31 heavy (non-hydrogen) atoms. The van der Waals surface area contributed by atoms with Crippen molar-refractivity contribution in [1.29, 1.82) is 0 Å². The summed E-state index contributed by atoms with van der Waals surface area (Å²) in [4.78, 5) is 22.5. The lowest BCUT2D eigenvalue weighted by Crippen LogP contribution is -2.30. The fourth-order valence-electron chi connectivity index (χ4n) is 4.64. The highest BCUT2D eigenvalue weighted by Crippen LogP contribution is 2.43. The molecule has 1 saturated heterocycles. The normalized spacial score (nSPS) is 21.8. The molecule has 4 rings (SSSR count). The average molecular weight is 431 g/mol. The molecule has 1 fully saturated rings. The van der Waals surface area contributed by atoms with Gasteiger partial charge in [-0.25, -0.2) is 4.98 Å². The molecular weight excluding hydrogens is 407 g/mol. The number of rotatable bonds is 5. The second-order valence-electron chi connectivity index (χ2n) is 8.07. The largest absolute Gasteiger partial charge is 0.481 e. The molecule has 0 bridgehead atoms. The van der Waals surface area contributed by atoms with E-state index in [9.17, 15) is 23.1 Å². The van der Waals surface area contributed by atoms with Crippen LogP contribution in [0.2, 0.25) is 0 Å². The molecule has 164 valence electrons. The summed E-state index contributed by atoms with van der Waals surface area (Å²) in [5, 5.41) is 9.81. The van der Waals surface area contributed by atoms with Crippen molar-refractivity contribution in [2.75, 3.05) is 18.0 Å². The number of halogens is 3. The first kappa shape index (κ1) is 21.3. The summed E-state index contributed by atoms with van der Waals surface area (Å²) in [7, 11) is 0. The quantitative estimate of drug-likeness (QED) is 0.734. The number of alkyl halides is 3. The monoisotopic (exact) mass is 431 g/mol. The van der Waals surface area contributed by atoms with Crippen LogP contribution in [-0.4, -0.2) is 34.1 Å². The molecule has 1 aliphatic carbocycles. The van der Waals surface area contributed by atoms with E-state index in [1.807, 2.05) is 18.2 Å². The lowest BCUT2D eigenvalue weighted by atomic mass is 9.73. The molecule has 0 radical (unpaired) electrons. The fourth-order valence-corrected chi connectivity index (χ4v) is 4.64. The number of carbonyl (C=O) groups is 1. The fraction of sp³-hybridized carbons (Fsp3) is 0.435. The maximum Gasteiger partial charge on any atom is 0.433 e. The Morgan fingerprint density at radius 3 is 2.65 bits per heavy atom. The van der Waals surface area contributed by atoms with E-state index >= 15 is 0 Å². The second-order valence-corrected chi connectivity index (χ2v) is 8.07. The lowest BCUT2D eigenvalue weighted by Gasteiger charge is -2.31. The molecule has 2 unspecified atom stereocenters. The van der Waals surface area contributed by atoms with E-state index in [-0.39, 0.29) is 12.0 Å². The number of hydrogen-bond donors (Lipinski definition) is 1. The van der Waals surface area contributed by atoms with Crippen molar-refractivity contribution in [3.8, 4) is 0 Å². The van der Waals surface area contributed by atoms with Crippen LogP contribution >= 0.6 is 0 Å². The van der Waals surface area contributed by atoms with Crippen LogP contribution in [0.4, 0.5) is 19.0 Å². The minimum absolute atomic E-state index is 0.0401. The number of carboxylic acid groups (broad SMARTS) is 1. The number of nitrogens with zero attached hydrogens (tertiary/aromatic N) is 3. The number of anilines is 1. The zero-order valence-electron chi connectivity index (χ0n) is 17.0. The summed E-state index contributed by atoms with van der Waals surface area (Å²) in [5.41, 5.74) is 0.0658. The smallest absolute Gasteiger partial charge is 0.433 e. The Bertz CT molecular complexity index is 984. The number of aliphatic carboxylic acids is 1. The molecule has 3 heterocycles. The van der Waals surface area contributed by atoms with Gasteiger partial charge in [0.2, 0.25) is 0 Å². The molecule has 0 saturated carbocycles. The van der Waals surface area contributed by atoms with Crippen LogP contribution in [0.3, 0.4) is 0 Å². The predicted molar refractivity (Wildman–Crippen MR) is 110 cm³/mol. The van der Waals surface area contributed by atoms with Gasteiger partial charge in [0, 0.05) is 36.5 Å². The first-order valence-electron chi connectivity index (χ1n) is 10.5. The lowest BCUT2D eigenvalue weighted by molar-refractivity contribution is -0.143. The highest BCUT2D eigenvalue weighted by molar-refractivity contribution is 5.79. The Morgan fingerprint density at radius 2 is 1.94 bits per heavy atom. The van der Waals surface area contributed by atoms with Crippen LogP contribution < -0.4 is 4.90 Å². The topological polar surface area (TPSA) is 66.3 Å². The Kier molecular flexibility index (Phi) is 5.98. The molecular formula is C23H24F3N3O2. The molecule has 1 N–H and O–H groups in total. The highest BCUT2D eigenvalue weighted by atomic mass is 19.4. The first-order valence-corrected chi connectivity index (χ1v) is 10.5. The zero-order valence-corrected chi connectivity index (χ0v) is 17.0. The van der Waals surface area contributed by atoms with Gasteiger partial charge in [-0.2, -0.15) is 13.2 Å². The van der Waals surface area contributed by atoms with Crippen LogP contribution in [-0.2, 0) is 17.4 Å². The molecule has 2 aromatic rings. The summed E-state index contributed by atoms with van der Waals surface area (Å²) in [6, 6.07) is 8.46. The molecule has 2 aromatic heterocycles. The molecule has 0 spiro atoms. The first-order chi connectivity index (χ1) is 14.8. The standard InChI is InChI=1S/C23H24F3N3O2/c24-23(25,26)21-17(9-5-11-27-21)16-7-4-8-18(22(30)31)19(16)14-15-6-3-10-20(28-15)29-12-1-2-13-29/h3,5-7,9-11,18-19H,1-2,4,8,12-14H2,(H,30,31). The van der Waals surface area contributed by atoms with Crippen LogP contribution in [0.15, 0.2) is 42.6 Å². The van der Waals surface area contributed by atoms with Crippen molar-refractivity contribution in [1.82, 2.24) is 9.97 Å². The van der Waals surface area contributed by atoms with Crippen LogP contribution in [0, 0.1) is 11.8 Å². The van der Waals surface area contributed by atoms with Gasteiger partial charge in [-0.3, -0.25) is 9.78 Å². The Balaban J connectivity index is 1.71. The van der Waals surface area contributed by atoms with Gasteiger partial charge in [0.1, 0.15) is 5.82 Å². The maximum atomic E-state index is 13.6. The third-order valence-corrected chi connectivity index (χ3v) is 6.08. The van der Waals surface area contributed by atoms with Crippen molar-refractivity contribution in [2.24, 2.45) is 11.8 Å². The minimum atomic E-state index is -4.62. The summed E-state index contributed by atoms with van der Waals surface area (Å²) in [6.45, 7) is 1.85. The van der Waals surface area contributed by atoms with Crippen molar-refractivity contribution in [3.63, 3.8) is 0 Å². The van der Waals surface area contributed by atoms with Crippen LogP contribution in [0.25, 0.3) is 5.57 Å². The molecule has 0 amide bonds. The van der Waals surface area contributed by atoms with Gasteiger partial charge < -0.3 is 10.0 Å². The minimum Gasteiger partial charge on any atom is -0.481 e. The van der Waals surface area contributed by atoms with Gasteiger partial charge >= 0.3 is 12.1 Å². The SMILES string of the molecule is O=C(O)C1CCC=C(c2cccnc2C(F)(F)F)C1Cc1cccc(N2CCCC2)n1. The summed E-state index contributed by atoms with van der Waals surface area (Å²) < 4.78 is 40.8. The Morgan fingerprint density at radius 1 is 1.16 bits per heavy atom. The van der Waals surface area contributed by atoms with E-state index in [1.54, 1.807) is 6.08 Å². The van der Waals surface area contributed by atoms with Gasteiger partial charge in [0.15, 0.2) is 5.69 Å². The number of pyridine rings is 2. The van der Waals surface area contributed by atoms with Crippen molar-refractivity contribution in [3.05, 3.63) is 59.6 Å². The summed E-state index contributed by atoms with van der Waals surface area (Å²) >= 11 is 0. The van der Waals surface area contributed by atoms with E-state index in [0.717, 1.165) is 37.9 Å². The highest BCUT2D eigenvalue weighted by Gasteiger charge is 2.40. The third-order valence-electron chi connectivity index (χ3n) is 6.08. The number of hydrogen-bond acceptors (Lipinski definition) is 4. The van der Waals surface area contributed by atoms with Crippen molar-refractivity contribution >= 4 is 17.4 Å². The van der Waals surface area contributed by atoms with E-state index < -0.39 is 29.7 Å². The Hall–Kier alpha value is -2.90. The summed E-state index contributed by atoms with van der Waals surface area (Å²) in [6.07, 6.45) is 1.49. The van der Waals surface area contributed by atoms with Crippen LogP contribution in [0.5, 0.6) is 0 Å². The predicted octanol–water partition coefficient (Wildman–Crippen LogP) is 4.83. The molecule has 2 atom stereocenters. The van der Waals surface area contributed by atoms with Crippen molar-refractivity contribution < 1.29 is 23.1 Å². The van der Waals surface area contributed by atoms with E-state index in [4.69, 9.17) is 4.98 Å². The molecule has 8 heteroatoms. The van der Waals surface area contributed by atoms with Gasteiger partial charge in [-0.1, -0.05) is 18.2 Å². The number of allylic oxidation sites excluding steroid dienone is 2. The molecule has 2 aliphatic rings. The van der Waals surface area contributed by atoms with Gasteiger partial charge in [0.05, 0.1) is 5.92 Å².